The van der Waals surface area contributed by atoms with Crippen LogP contribution in [0.5, 0.6) is 0 Å². The molecule has 7 heteroatoms. The van der Waals surface area contributed by atoms with Gasteiger partial charge in [-0.05, 0) is 100 Å². The van der Waals surface area contributed by atoms with Crippen molar-refractivity contribution in [2.45, 2.75) is 64.5 Å². The van der Waals surface area contributed by atoms with Crippen molar-refractivity contribution >= 4 is 22.9 Å². The maximum Gasteiger partial charge on any atom is 0.338 e. The molecule has 4 fully saturated rings. The number of esters is 1. The fraction of sp³-hybridized carbons (Fsp3) is 0.500. The average Bonchev–Trinajstić information content (AvgIpc) is 3.34. The number of amides is 1. The van der Waals surface area contributed by atoms with Crippen LogP contribution in [0.4, 0.5) is 0 Å². The molecule has 1 aromatic carbocycles. The number of hydrogen-bond acceptors (Lipinski definition) is 6. The van der Waals surface area contributed by atoms with E-state index in [1.807, 2.05) is 30.9 Å². The smallest absolute Gasteiger partial charge is 0.338 e. The number of benzene rings is 1. The largest absolute Gasteiger partial charge is 0.467 e. The van der Waals surface area contributed by atoms with E-state index in [1.54, 1.807) is 24.5 Å². The van der Waals surface area contributed by atoms with Crippen molar-refractivity contribution in [3.8, 4) is 0 Å². The van der Waals surface area contributed by atoms with Crippen LogP contribution in [0.1, 0.15) is 66.0 Å². The Labute approximate surface area is 204 Å². The highest BCUT2D eigenvalue weighted by molar-refractivity contribution is 5.94. The molecule has 0 aliphatic heterocycles. The van der Waals surface area contributed by atoms with Gasteiger partial charge in [-0.1, -0.05) is 0 Å². The summed E-state index contributed by atoms with van der Waals surface area (Å²) >= 11 is 0. The molecule has 7 rings (SSSR count). The van der Waals surface area contributed by atoms with E-state index >= 15 is 0 Å². The van der Waals surface area contributed by atoms with E-state index in [0.717, 1.165) is 41.9 Å². The summed E-state index contributed by atoms with van der Waals surface area (Å²) in [6.07, 6.45) is 8.65. The number of aryl methyl sites for hydroxylation is 2. The number of nitrogens with zero attached hydrogens (tertiary/aromatic N) is 3. The van der Waals surface area contributed by atoms with E-state index in [4.69, 9.17) is 9.15 Å². The number of rotatable bonds is 6. The molecule has 3 aromatic rings. The third-order valence-corrected chi connectivity index (χ3v) is 8.41. The van der Waals surface area contributed by atoms with Crippen LogP contribution in [-0.4, -0.2) is 38.9 Å². The van der Waals surface area contributed by atoms with E-state index in [9.17, 15) is 9.59 Å². The zero-order valence-electron chi connectivity index (χ0n) is 20.3. The van der Waals surface area contributed by atoms with Crippen molar-refractivity contribution < 1.29 is 18.7 Å². The van der Waals surface area contributed by atoms with Gasteiger partial charge in [-0.2, -0.15) is 0 Å². The van der Waals surface area contributed by atoms with E-state index in [0.29, 0.717) is 35.4 Å². The lowest BCUT2D eigenvalue weighted by Crippen LogP contribution is -2.61. The lowest BCUT2D eigenvalue weighted by atomic mass is 9.52. The highest BCUT2D eigenvalue weighted by Gasteiger charge is 2.54. The third kappa shape index (κ3) is 4.11. The molecule has 1 amide bonds. The van der Waals surface area contributed by atoms with Crippen LogP contribution >= 0.6 is 0 Å². The second-order valence-corrected chi connectivity index (χ2v) is 10.9. The standard InChI is InChI=1S/C28H31N3O4/c1-17-18(2)30-25-11-22(5-6-24(25)29-17)27(33)35-16-26(32)31(15-23-4-3-7-34-23)28-12-19-8-20(13-28)10-21(9-19)14-28/h3-7,11,19-21H,8-10,12-16H2,1-2H3. The minimum atomic E-state index is -0.524. The quantitative estimate of drug-likeness (QED) is 0.469. The van der Waals surface area contributed by atoms with Gasteiger partial charge in [0.2, 0.25) is 0 Å². The number of aromatic nitrogens is 2. The van der Waals surface area contributed by atoms with Crippen LogP contribution in [0.2, 0.25) is 0 Å². The topological polar surface area (TPSA) is 85.5 Å². The van der Waals surface area contributed by atoms with Crippen LogP contribution in [0.15, 0.2) is 41.0 Å². The summed E-state index contributed by atoms with van der Waals surface area (Å²) < 4.78 is 11.2. The van der Waals surface area contributed by atoms with Crippen molar-refractivity contribution in [2.75, 3.05) is 6.61 Å². The molecular formula is C28H31N3O4. The van der Waals surface area contributed by atoms with Crippen molar-refractivity contribution in [3.63, 3.8) is 0 Å². The zero-order valence-corrected chi connectivity index (χ0v) is 20.3. The van der Waals surface area contributed by atoms with Crippen LogP contribution < -0.4 is 0 Å². The van der Waals surface area contributed by atoms with Crippen molar-refractivity contribution in [2.24, 2.45) is 17.8 Å². The first-order valence-electron chi connectivity index (χ1n) is 12.6. The molecule has 4 aliphatic carbocycles. The summed E-state index contributed by atoms with van der Waals surface area (Å²) in [5, 5.41) is 0. The van der Waals surface area contributed by atoms with Gasteiger partial charge in [0.1, 0.15) is 5.76 Å². The van der Waals surface area contributed by atoms with Crippen LogP contribution in [0.25, 0.3) is 11.0 Å². The zero-order chi connectivity index (χ0) is 24.2. The molecule has 4 bridgehead atoms. The molecule has 182 valence electrons. The van der Waals surface area contributed by atoms with Gasteiger partial charge in [-0.15, -0.1) is 0 Å². The Morgan fingerprint density at radius 1 is 1.00 bits per heavy atom. The number of carbonyl (C=O) groups excluding carboxylic acids is 2. The van der Waals surface area contributed by atoms with Gasteiger partial charge in [-0.25, -0.2) is 14.8 Å². The summed E-state index contributed by atoms with van der Waals surface area (Å²) in [6.45, 7) is 3.94. The minimum Gasteiger partial charge on any atom is -0.467 e. The lowest BCUT2D eigenvalue weighted by molar-refractivity contribution is -0.156. The van der Waals surface area contributed by atoms with E-state index in [2.05, 4.69) is 9.97 Å². The molecular weight excluding hydrogens is 442 g/mol. The summed E-state index contributed by atoms with van der Waals surface area (Å²) in [7, 11) is 0. The Bertz CT molecular complexity index is 1250. The molecule has 35 heavy (non-hydrogen) atoms. The van der Waals surface area contributed by atoms with E-state index in [1.165, 1.54) is 19.3 Å². The van der Waals surface area contributed by atoms with Crippen LogP contribution in [0.3, 0.4) is 0 Å². The molecule has 0 unspecified atom stereocenters. The first-order chi connectivity index (χ1) is 16.9. The molecule has 7 nitrogen and oxygen atoms in total. The lowest BCUT2D eigenvalue weighted by Gasteiger charge is -2.60. The molecule has 0 saturated heterocycles. The summed E-state index contributed by atoms with van der Waals surface area (Å²) in [5.74, 6) is 2.18. The van der Waals surface area contributed by atoms with Gasteiger partial charge >= 0.3 is 5.97 Å². The maximum absolute atomic E-state index is 13.6. The third-order valence-electron chi connectivity index (χ3n) is 8.41. The highest BCUT2D eigenvalue weighted by Crippen LogP contribution is 2.58. The molecule has 2 heterocycles. The molecule has 2 aromatic heterocycles. The number of carbonyl (C=O) groups is 2. The van der Waals surface area contributed by atoms with Gasteiger partial charge < -0.3 is 14.1 Å². The first-order valence-corrected chi connectivity index (χ1v) is 12.6. The van der Waals surface area contributed by atoms with Crippen molar-refractivity contribution in [3.05, 3.63) is 59.3 Å². The van der Waals surface area contributed by atoms with Gasteiger partial charge in [0.15, 0.2) is 6.61 Å². The van der Waals surface area contributed by atoms with E-state index < -0.39 is 5.97 Å². The Morgan fingerprint density at radius 2 is 1.66 bits per heavy atom. The van der Waals surface area contributed by atoms with Gasteiger partial charge in [-0.3, -0.25) is 4.79 Å². The molecule has 0 spiro atoms. The van der Waals surface area contributed by atoms with Gasteiger partial charge in [0.25, 0.3) is 5.91 Å². The second-order valence-electron chi connectivity index (χ2n) is 10.9. The van der Waals surface area contributed by atoms with Crippen molar-refractivity contribution in [1.82, 2.24) is 14.9 Å². The average molecular weight is 474 g/mol. The Kier molecular flexibility index (Phi) is 5.38. The first kappa shape index (κ1) is 22.3. The van der Waals surface area contributed by atoms with E-state index in [-0.39, 0.29) is 18.1 Å². The summed E-state index contributed by atoms with van der Waals surface area (Å²) in [6, 6.07) is 8.89. The Morgan fingerprint density at radius 3 is 2.29 bits per heavy atom. The summed E-state index contributed by atoms with van der Waals surface area (Å²) in [4.78, 5) is 37.5. The van der Waals surface area contributed by atoms with Crippen LogP contribution in [-0.2, 0) is 16.1 Å². The molecule has 4 aliphatic rings. The second kappa shape index (κ2) is 8.47. The van der Waals surface area contributed by atoms with Gasteiger partial charge in [0, 0.05) is 5.54 Å². The molecule has 0 atom stereocenters. The minimum absolute atomic E-state index is 0.149. The predicted molar refractivity (Wildman–Crippen MR) is 129 cm³/mol. The highest BCUT2D eigenvalue weighted by atomic mass is 16.5. The normalized spacial score (nSPS) is 26.7. The van der Waals surface area contributed by atoms with Gasteiger partial charge in [0.05, 0.1) is 40.8 Å². The Hall–Kier alpha value is -3.22. The van der Waals surface area contributed by atoms with Crippen LogP contribution in [0, 0.1) is 31.6 Å². The number of hydrogen-bond donors (Lipinski definition) is 0. The number of fused-ring (bicyclic) bond motifs is 1. The summed E-state index contributed by atoms with van der Waals surface area (Å²) in [5.41, 5.74) is 3.27. The fourth-order valence-electron chi connectivity index (χ4n) is 7.12. The number of furan rings is 1. The van der Waals surface area contributed by atoms with Crippen molar-refractivity contribution in [1.29, 1.82) is 0 Å². The fourth-order valence-corrected chi connectivity index (χ4v) is 7.12. The molecule has 0 radical (unpaired) electrons. The maximum atomic E-state index is 13.6. The number of ether oxygens (including phenoxy) is 1. The molecule has 4 saturated carbocycles. The predicted octanol–water partition coefficient (Wildman–Crippen LogP) is 4.99. The monoisotopic (exact) mass is 473 g/mol. The SMILES string of the molecule is Cc1nc2ccc(C(=O)OCC(=O)N(Cc3ccco3)C34CC5CC(CC(C5)C3)C4)cc2nc1C. The Balaban J connectivity index is 1.20. The molecule has 0 N–H and O–H groups in total.